The molecule has 0 aliphatic rings. The Morgan fingerprint density at radius 1 is 1.47 bits per heavy atom. The van der Waals surface area contributed by atoms with E-state index in [-0.39, 0.29) is 5.75 Å². The van der Waals surface area contributed by atoms with Crippen molar-refractivity contribution in [2.75, 3.05) is 30.4 Å². The van der Waals surface area contributed by atoms with Crippen LogP contribution in [0.15, 0.2) is 18.2 Å². The van der Waals surface area contributed by atoms with Crippen LogP contribution in [0, 0.1) is 0 Å². The van der Waals surface area contributed by atoms with Crippen LogP contribution in [0.1, 0.15) is 0 Å². The summed E-state index contributed by atoms with van der Waals surface area (Å²) in [6, 6.07) is 5.13. The minimum Gasteiger partial charge on any atom is -0.384 e. The van der Waals surface area contributed by atoms with E-state index in [2.05, 4.69) is 15.0 Å². The molecule has 0 saturated carbocycles. The highest BCUT2D eigenvalue weighted by Crippen LogP contribution is 2.04. The fourth-order valence-electron chi connectivity index (χ4n) is 0.965. The number of anilines is 2. The molecule has 0 radical (unpaired) electrons. The van der Waals surface area contributed by atoms with Gasteiger partial charge in [-0.2, -0.15) is 0 Å². The molecule has 7 heteroatoms. The molecule has 0 aliphatic heterocycles. The van der Waals surface area contributed by atoms with Crippen molar-refractivity contribution >= 4 is 21.7 Å². The third-order valence-electron chi connectivity index (χ3n) is 1.76. The minimum atomic E-state index is -3.17. The van der Waals surface area contributed by atoms with E-state index in [1.54, 1.807) is 18.2 Å². The lowest BCUT2D eigenvalue weighted by Gasteiger charge is -2.05. The Morgan fingerprint density at radius 2 is 2.20 bits per heavy atom. The number of nitrogens with zero attached hydrogens (tertiary/aromatic N) is 1. The summed E-state index contributed by atoms with van der Waals surface area (Å²) in [5, 5.41) is 2.87. The maximum Gasteiger partial charge on any atom is 0.213 e. The number of nitrogens with two attached hydrogens (primary N) is 1. The molecule has 1 heterocycles. The highest BCUT2D eigenvalue weighted by atomic mass is 32.2. The summed E-state index contributed by atoms with van der Waals surface area (Å²) in [5.41, 5.74) is 5.46. The van der Waals surface area contributed by atoms with Crippen LogP contribution in [0.4, 0.5) is 11.6 Å². The Kier molecular flexibility index (Phi) is 3.87. The molecule has 0 spiro atoms. The summed E-state index contributed by atoms with van der Waals surface area (Å²) in [6.45, 7) is 0.291. The van der Waals surface area contributed by atoms with Gasteiger partial charge in [0.05, 0.1) is 5.75 Å². The highest BCUT2D eigenvalue weighted by molar-refractivity contribution is 7.89. The van der Waals surface area contributed by atoms with Crippen molar-refractivity contribution in [3.63, 3.8) is 0 Å². The predicted octanol–water partition coefficient (Wildman–Crippen LogP) is -0.375. The molecule has 15 heavy (non-hydrogen) atoms. The molecule has 0 aliphatic carbocycles. The summed E-state index contributed by atoms with van der Waals surface area (Å²) in [7, 11) is -1.79. The van der Waals surface area contributed by atoms with Gasteiger partial charge in [0.1, 0.15) is 11.6 Å². The van der Waals surface area contributed by atoms with E-state index in [0.717, 1.165) is 0 Å². The SMILES string of the molecule is CNS(=O)(=O)CCNc1cccc(N)n1. The molecule has 0 unspecified atom stereocenters. The first-order chi connectivity index (χ1) is 7.03. The number of nitrogen functional groups attached to an aromatic ring is 1. The van der Waals surface area contributed by atoms with Gasteiger partial charge in [0.2, 0.25) is 10.0 Å². The third kappa shape index (κ3) is 4.13. The fraction of sp³-hybridized carbons (Fsp3) is 0.375. The van der Waals surface area contributed by atoms with Gasteiger partial charge in [-0.25, -0.2) is 18.1 Å². The topological polar surface area (TPSA) is 97.1 Å². The largest absolute Gasteiger partial charge is 0.384 e. The Hall–Kier alpha value is -1.34. The molecule has 0 fully saturated rings. The first-order valence-electron chi connectivity index (χ1n) is 4.41. The van der Waals surface area contributed by atoms with Crippen molar-refractivity contribution < 1.29 is 8.42 Å². The molecule has 0 amide bonds. The van der Waals surface area contributed by atoms with Gasteiger partial charge < -0.3 is 11.1 Å². The van der Waals surface area contributed by atoms with Gasteiger partial charge >= 0.3 is 0 Å². The molecule has 84 valence electrons. The van der Waals surface area contributed by atoms with Gasteiger partial charge in [-0.3, -0.25) is 0 Å². The monoisotopic (exact) mass is 230 g/mol. The van der Waals surface area contributed by atoms with Gasteiger partial charge in [0, 0.05) is 6.54 Å². The van der Waals surface area contributed by atoms with Crippen molar-refractivity contribution in [1.82, 2.24) is 9.71 Å². The number of aromatic nitrogens is 1. The van der Waals surface area contributed by atoms with Gasteiger partial charge in [-0.1, -0.05) is 6.07 Å². The Morgan fingerprint density at radius 3 is 2.80 bits per heavy atom. The fourth-order valence-corrected chi connectivity index (χ4v) is 1.54. The van der Waals surface area contributed by atoms with Crippen molar-refractivity contribution in [3.8, 4) is 0 Å². The summed E-state index contributed by atoms with van der Waals surface area (Å²) in [6.07, 6.45) is 0. The Balaban J connectivity index is 2.45. The third-order valence-corrected chi connectivity index (χ3v) is 3.12. The molecule has 1 aromatic rings. The zero-order chi connectivity index (χ0) is 11.3. The second kappa shape index (κ2) is 4.94. The van der Waals surface area contributed by atoms with E-state index < -0.39 is 10.0 Å². The number of hydrogen-bond acceptors (Lipinski definition) is 5. The predicted molar refractivity (Wildman–Crippen MR) is 60.0 cm³/mol. The summed E-state index contributed by atoms with van der Waals surface area (Å²) < 4.78 is 24.3. The van der Waals surface area contributed by atoms with E-state index in [1.807, 2.05) is 0 Å². The van der Waals surface area contributed by atoms with Gasteiger partial charge in [-0.05, 0) is 19.2 Å². The number of rotatable bonds is 5. The lowest BCUT2D eigenvalue weighted by Crippen LogP contribution is -2.26. The maximum atomic E-state index is 11.1. The van der Waals surface area contributed by atoms with Crippen LogP contribution in [0.3, 0.4) is 0 Å². The summed E-state index contributed by atoms with van der Waals surface area (Å²) in [5.74, 6) is 0.970. The van der Waals surface area contributed by atoms with Gasteiger partial charge in [-0.15, -0.1) is 0 Å². The Bertz CT molecular complexity index is 418. The van der Waals surface area contributed by atoms with Crippen LogP contribution in [0.5, 0.6) is 0 Å². The quantitative estimate of drug-likeness (QED) is 0.641. The average molecular weight is 230 g/mol. The molecule has 4 N–H and O–H groups in total. The first-order valence-corrected chi connectivity index (χ1v) is 6.06. The van der Waals surface area contributed by atoms with Crippen molar-refractivity contribution in [1.29, 1.82) is 0 Å². The smallest absolute Gasteiger partial charge is 0.213 e. The summed E-state index contributed by atoms with van der Waals surface area (Å²) in [4.78, 5) is 3.97. The van der Waals surface area contributed by atoms with Crippen molar-refractivity contribution in [2.45, 2.75) is 0 Å². The molecular formula is C8H14N4O2S. The van der Waals surface area contributed by atoms with E-state index in [1.165, 1.54) is 7.05 Å². The van der Waals surface area contributed by atoms with Crippen LogP contribution in [0.25, 0.3) is 0 Å². The molecule has 0 saturated heterocycles. The normalized spacial score (nSPS) is 11.3. The molecule has 6 nitrogen and oxygen atoms in total. The van der Waals surface area contributed by atoms with E-state index in [0.29, 0.717) is 18.2 Å². The van der Waals surface area contributed by atoms with Crippen LogP contribution >= 0.6 is 0 Å². The lowest BCUT2D eigenvalue weighted by atomic mass is 10.4. The first kappa shape index (κ1) is 11.7. The zero-order valence-corrected chi connectivity index (χ0v) is 9.21. The number of hydrogen-bond donors (Lipinski definition) is 3. The second-order valence-corrected chi connectivity index (χ2v) is 4.94. The number of nitrogens with one attached hydrogen (secondary N) is 2. The van der Waals surface area contributed by atoms with Gasteiger partial charge in [0.25, 0.3) is 0 Å². The van der Waals surface area contributed by atoms with E-state index in [9.17, 15) is 8.42 Å². The molecule has 0 aromatic carbocycles. The second-order valence-electron chi connectivity index (χ2n) is 2.90. The molecule has 0 atom stereocenters. The van der Waals surface area contributed by atoms with Gasteiger partial charge in [0.15, 0.2) is 0 Å². The molecular weight excluding hydrogens is 216 g/mol. The van der Waals surface area contributed by atoms with Crippen LogP contribution in [-0.4, -0.2) is 32.7 Å². The zero-order valence-electron chi connectivity index (χ0n) is 8.40. The van der Waals surface area contributed by atoms with Crippen molar-refractivity contribution in [3.05, 3.63) is 18.2 Å². The van der Waals surface area contributed by atoms with Crippen molar-refractivity contribution in [2.24, 2.45) is 0 Å². The molecule has 1 aromatic heterocycles. The van der Waals surface area contributed by atoms with E-state index >= 15 is 0 Å². The van der Waals surface area contributed by atoms with Crippen LogP contribution < -0.4 is 15.8 Å². The average Bonchev–Trinajstić information content (AvgIpc) is 2.18. The number of pyridine rings is 1. The standard InChI is InChI=1S/C8H14N4O2S/c1-10-15(13,14)6-5-11-8-4-2-3-7(9)12-8/h2-4,10H,5-6H2,1H3,(H3,9,11,12). The number of sulfonamides is 1. The van der Waals surface area contributed by atoms with E-state index in [4.69, 9.17) is 5.73 Å². The molecule has 0 bridgehead atoms. The van der Waals surface area contributed by atoms with Crippen LogP contribution in [-0.2, 0) is 10.0 Å². The summed E-state index contributed by atoms with van der Waals surface area (Å²) >= 11 is 0. The maximum absolute atomic E-state index is 11.1. The molecule has 1 rings (SSSR count). The Labute approximate surface area is 88.9 Å². The minimum absolute atomic E-state index is 0.0000208. The highest BCUT2D eigenvalue weighted by Gasteiger charge is 2.05. The lowest BCUT2D eigenvalue weighted by molar-refractivity contribution is 0.588. The van der Waals surface area contributed by atoms with Crippen LogP contribution in [0.2, 0.25) is 0 Å².